The molecule has 0 radical (unpaired) electrons. The average molecular weight is 695 g/mol. The lowest BCUT2D eigenvalue weighted by atomic mass is 9.84. The molecule has 264 valence electrons. The van der Waals surface area contributed by atoms with Gasteiger partial charge in [-0.05, 0) is 47.6 Å². The zero-order valence-corrected chi connectivity index (χ0v) is 30.1. The summed E-state index contributed by atoms with van der Waals surface area (Å²) < 4.78 is 72.8. The lowest BCUT2D eigenvalue weighted by Crippen LogP contribution is -2.35. The topological polar surface area (TPSA) is 108 Å². The predicted octanol–water partition coefficient (Wildman–Crippen LogP) is 6.08. The molecule has 2 aromatic rings. The van der Waals surface area contributed by atoms with Gasteiger partial charge in [-0.25, -0.2) is 8.42 Å². The number of hydrogen-bond donors (Lipinski definition) is 0. The van der Waals surface area contributed by atoms with E-state index in [0.29, 0.717) is 35.9 Å². The smallest absolute Gasteiger partial charge is 0.192 e. The first-order chi connectivity index (χ1) is 23.5. The number of ether oxygens (including phenoxy) is 8. The first-order valence-electron chi connectivity index (χ1n) is 15.6. The third-order valence-electron chi connectivity index (χ3n) is 8.72. The molecule has 49 heavy (non-hydrogen) atoms. The quantitative estimate of drug-likeness (QED) is 0.205. The van der Waals surface area contributed by atoms with Crippen LogP contribution in [0, 0.1) is 11.8 Å². The van der Waals surface area contributed by atoms with Crippen LogP contribution in [0.1, 0.15) is 11.1 Å². The van der Waals surface area contributed by atoms with Crippen LogP contribution in [0.3, 0.4) is 0 Å². The molecule has 0 bridgehead atoms. The van der Waals surface area contributed by atoms with Gasteiger partial charge in [0.15, 0.2) is 9.84 Å². The van der Waals surface area contributed by atoms with E-state index in [1.807, 2.05) is 72.8 Å². The Morgan fingerprint density at radius 3 is 1.14 bits per heavy atom. The van der Waals surface area contributed by atoms with E-state index < -0.39 is 32.9 Å². The first-order valence-corrected chi connectivity index (χ1v) is 17.2. The van der Waals surface area contributed by atoms with Crippen LogP contribution in [0.25, 0.3) is 0 Å². The van der Waals surface area contributed by atoms with Crippen LogP contribution in [0.15, 0.2) is 119 Å². The Labute approximate surface area is 289 Å². The minimum Gasteiger partial charge on any atom is -0.500 e. The highest BCUT2D eigenvalue weighted by atomic mass is 32.2. The first kappa shape index (κ1) is 37.4. The maximum atomic E-state index is 13.4. The minimum absolute atomic E-state index is 0.431. The van der Waals surface area contributed by atoms with E-state index >= 15 is 0 Å². The second-order valence-electron chi connectivity index (χ2n) is 11.5. The maximum absolute atomic E-state index is 13.4. The number of benzene rings is 2. The number of hydrogen-bond acceptors (Lipinski definition) is 10. The van der Waals surface area contributed by atoms with Crippen LogP contribution < -0.4 is 9.47 Å². The van der Waals surface area contributed by atoms with Crippen LogP contribution in [0.2, 0.25) is 0 Å². The van der Waals surface area contributed by atoms with E-state index in [-0.39, 0.29) is 0 Å². The number of sulfone groups is 1. The standard InChI is InChI=1S/C38H46O10S/c1-41-31-15-11-9-13-27(31)21-37(47-7)23-33(43-3)29(34(24-37)44-4)17-19-49(39,40)20-18-30-35(45-5)25-38(48-8,26-36(30)46-6)22-28-14-10-12-16-32(28)42-2/h9-20,23-26,29-30H,21-22H2,1-8H3/b19-17+,20-18+. The molecule has 11 heteroatoms. The van der Waals surface area contributed by atoms with Gasteiger partial charge in [0.05, 0.1) is 54.5 Å². The van der Waals surface area contributed by atoms with Gasteiger partial charge in [0.25, 0.3) is 0 Å². The van der Waals surface area contributed by atoms with Crippen molar-refractivity contribution in [3.8, 4) is 11.5 Å². The SMILES string of the molecule is COC1=CC(Cc2ccccc2OC)(OC)C=C(OC)C1/C=C/S(=O)(=O)/C=C/C1C(OC)=CC(Cc2ccccc2OC)(OC)C=C1OC. The molecule has 0 heterocycles. The molecule has 0 aliphatic heterocycles. The summed E-state index contributed by atoms with van der Waals surface area (Å²) in [6.07, 6.45) is 11.2. The van der Waals surface area contributed by atoms with Crippen molar-refractivity contribution >= 4 is 9.84 Å². The fourth-order valence-electron chi connectivity index (χ4n) is 6.11. The molecule has 0 amide bonds. The lowest BCUT2D eigenvalue weighted by Gasteiger charge is -2.34. The minimum atomic E-state index is -3.88. The Hall–Kier alpha value is -4.45. The van der Waals surface area contributed by atoms with E-state index in [2.05, 4.69) is 0 Å². The molecule has 2 aliphatic carbocycles. The maximum Gasteiger partial charge on any atom is 0.192 e. The van der Waals surface area contributed by atoms with Crippen molar-refractivity contribution in [3.05, 3.63) is 130 Å². The number of para-hydroxylation sites is 2. The van der Waals surface area contributed by atoms with E-state index in [9.17, 15) is 8.42 Å². The van der Waals surface area contributed by atoms with Crippen LogP contribution >= 0.6 is 0 Å². The molecule has 0 spiro atoms. The predicted molar refractivity (Wildman–Crippen MR) is 187 cm³/mol. The molecule has 4 rings (SSSR count). The van der Waals surface area contributed by atoms with Crippen LogP contribution in [-0.2, 0) is 51.1 Å². The Kier molecular flexibility index (Phi) is 12.4. The molecule has 0 aromatic heterocycles. The highest BCUT2D eigenvalue weighted by molar-refractivity contribution is 7.97. The molecular weight excluding hydrogens is 648 g/mol. The van der Waals surface area contributed by atoms with Gasteiger partial charge in [-0.2, -0.15) is 0 Å². The highest BCUT2D eigenvalue weighted by Crippen LogP contribution is 2.39. The van der Waals surface area contributed by atoms with E-state index in [4.69, 9.17) is 37.9 Å². The van der Waals surface area contributed by atoms with Crippen LogP contribution in [0.4, 0.5) is 0 Å². The average Bonchev–Trinajstić information content (AvgIpc) is 3.13. The second-order valence-corrected chi connectivity index (χ2v) is 13.2. The normalized spacial score (nSPS) is 24.1. The molecule has 0 saturated carbocycles. The van der Waals surface area contributed by atoms with Gasteiger partial charge in [-0.1, -0.05) is 48.6 Å². The van der Waals surface area contributed by atoms with Crippen molar-refractivity contribution in [2.24, 2.45) is 11.8 Å². The van der Waals surface area contributed by atoms with Crippen LogP contribution in [0.5, 0.6) is 11.5 Å². The molecule has 0 fully saturated rings. The molecule has 0 unspecified atom stereocenters. The zero-order valence-electron chi connectivity index (χ0n) is 29.3. The Morgan fingerprint density at radius 2 is 0.857 bits per heavy atom. The summed E-state index contributed by atoms with van der Waals surface area (Å²) in [5.74, 6) is 2.10. The van der Waals surface area contributed by atoms with Crippen molar-refractivity contribution in [2.75, 3.05) is 56.9 Å². The monoisotopic (exact) mass is 694 g/mol. The van der Waals surface area contributed by atoms with Gasteiger partial charge in [0.1, 0.15) is 45.7 Å². The van der Waals surface area contributed by atoms with E-state index in [1.54, 1.807) is 28.4 Å². The fraction of sp³-hybridized carbons (Fsp3) is 0.368. The van der Waals surface area contributed by atoms with Gasteiger partial charge in [-0.3, -0.25) is 0 Å². The number of methoxy groups -OCH3 is 8. The van der Waals surface area contributed by atoms with Gasteiger partial charge < -0.3 is 37.9 Å². The third-order valence-corrected chi connectivity index (χ3v) is 9.79. The summed E-state index contributed by atoms with van der Waals surface area (Å²) in [7, 11) is 8.65. The van der Waals surface area contributed by atoms with Crippen molar-refractivity contribution in [1.82, 2.24) is 0 Å². The molecular formula is C38H46O10S. The molecule has 0 saturated heterocycles. The van der Waals surface area contributed by atoms with Crippen LogP contribution in [-0.4, -0.2) is 76.5 Å². The Morgan fingerprint density at radius 1 is 0.531 bits per heavy atom. The van der Waals surface area contributed by atoms with Crippen molar-refractivity contribution in [1.29, 1.82) is 0 Å². The summed E-state index contributed by atoms with van der Waals surface area (Å²) in [5.41, 5.74) is -0.00790. The second kappa shape index (κ2) is 16.3. The highest BCUT2D eigenvalue weighted by Gasteiger charge is 2.38. The van der Waals surface area contributed by atoms with Gasteiger partial charge in [0.2, 0.25) is 0 Å². The van der Waals surface area contributed by atoms with E-state index in [0.717, 1.165) is 33.4 Å². The summed E-state index contributed by atoms with van der Waals surface area (Å²) >= 11 is 0. The van der Waals surface area contributed by atoms with E-state index in [1.165, 1.54) is 40.6 Å². The zero-order chi connectivity index (χ0) is 35.7. The Bertz CT molecular complexity index is 1580. The molecule has 0 N–H and O–H groups in total. The lowest BCUT2D eigenvalue weighted by molar-refractivity contribution is 0.0564. The molecule has 2 aromatic carbocycles. The largest absolute Gasteiger partial charge is 0.500 e. The summed E-state index contributed by atoms with van der Waals surface area (Å²) in [6, 6.07) is 15.3. The summed E-state index contributed by atoms with van der Waals surface area (Å²) in [4.78, 5) is 0. The van der Waals surface area contributed by atoms with Gasteiger partial charge in [0, 0.05) is 37.9 Å². The van der Waals surface area contributed by atoms with Crippen molar-refractivity contribution in [2.45, 2.75) is 24.0 Å². The molecule has 0 atom stereocenters. The fourth-order valence-corrected chi connectivity index (χ4v) is 6.95. The third kappa shape index (κ3) is 8.59. The van der Waals surface area contributed by atoms with Crippen molar-refractivity contribution in [3.63, 3.8) is 0 Å². The Balaban J connectivity index is 1.60. The summed E-state index contributed by atoms with van der Waals surface area (Å²) in [5, 5.41) is 2.26. The van der Waals surface area contributed by atoms with Gasteiger partial charge in [-0.15, -0.1) is 0 Å². The number of rotatable bonds is 16. The van der Waals surface area contributed by atoms with Crippen molar-refractivity contribution < 1.29 is 46.3 Å². The summed E-state index contributed by atoms with van der Waals surface area (Å²) in [6.45, 7) is 0. The van der Waals surface area contributed by atoms with Gasteiger partial charge >= 0.3 is 0 Å². The molecule has 10 nitrogen and oxygen atoms in total. The molecule has 2 aliphatic rings.